The molecule has 0 aliphatic carbocycles. The van der Waals surface area contributed by atoms with Crippen molar-refractivity contribution in [2.75, 3.05) is 25.1 Å². The topological polar surface area (TPSA) is 105 Å². The van der Waals surface area contributed by atoms with Crippen molar-refractivity contribution in [3.8, 4) is 0 Å². The van der Waals surface area contributed by atoms with E-state index in [0.29, 0.717) is 12.3 Å². The van der Waals surface area contributed by atoms with Crippen molar-refractivity contribution < 1.29 is 17.7 Å². The van der Waals surface area contributed by atoms with Crippen molar-refractivity contribution in [3.05, 3.63) is 11.7 Å². The Morgan fingerprint density at radius 3 is 2.86 bits per heavy atom. The Balaban J connectivity index is 1.70. The largest absolute Gasteiger partial charge is 0.337 e. The molecule has 0 spiro atoms. The van der Waals surface area contributed by atoms with Gasteiger partial charge in [-0.3, -0.25) is 4.79 Å². The zero-order valence-electron chi connectivity index (χ0n) is 11.8. The van der Waals surface area contributed by atoms with E-state index in [9.17, 15) is 13.2 Å². The molecule has 0 bridgehead atoms. The summed E-state index contributed by atoms with van der Waals surface area (Å²) in [4.78, 5) is 17.8. The van der Waals surface area contributed by atoms with Crippen LogP contribution in [0.4, 0.5) is 0 Å². The fourth-order valence-corrected chi connectivity index (χ4v) is 4.54. The lowest BCUT2D eigenvalue weighted by molar-refractivity contribution is 0.0732. The maximum Gasteiger partial charge on any atom is 0.295 e. The van der Waals surface area contributed by atoms with Crippen molar-refractivity contribution >= 4 is 15.7 Å². The number of hydrogen-bond donors (Lipinski definition) is 1. The number of amides is 1. The third-order valence-corrected chi connectivity index (χ3v) is 5.82. The van der Waals surface area contributed by atoms with Gasteiger partial charge in [-0.05, 0) is 25.8 Å². The highest BCUT2D eigenvalue weighted by Gasteiger charge is 2.34. The van der Waals surface area contributed by atoms with Gasteiger partial charge in [0, 0.05) is 13.1 Å². The van der Waals surface area contributed by atoms with Gasteiger partial charge >= 0.3 is 0 Å². The zero-order valence-corrected chi connectivity index (χ0v) is 12.6. The van der Waals surface area contributed by atoms with Gasteiger partial charge < -0.3 is 14.7 Å². The number of sulfone groups is 1. The third kappa shape index (κ3) is 2.93. The first kappa shape index (κ1) is 14.5. The zero-order chi connectivity index (χ0) is 15.0. The fraction of sp³-hybridized carbons (Fsp3) is 0.750. The Kier molecular flexibility index (Phi) is 3.70. The third-order valence-electron chi connectivity index (χ3n) is 4.07. The molecule has 1 amide bonds. The quantitative estimate of drug-likeness (QED) is 0.820. The standard InChI is InChI=1S/C12H18N4O4S/c1-16(8-4-6-21(18,19)7-8)12(17)10-14-11(20-15-10)9-3-2-5-13-9/h8-9,13H,2-7H2,1H3. The molecular weight excluding hydrogens is 296 g/mol. The number of rotatable bonds is 3. The van der Waals surface area contributed by atoms with Crippen molar-refractivity contribution in [2.45, 2.75) is 31.3 Å². The molecule has 1 aromatic rings. The second kappa shape index (κ2) is 5.38. The van der Waals surface area contributed by atoms with Crippen molar-refractivity contribution in [1.29, 1.82) is 0 Å². The monoisotopic (exact) mass is 314 g/mol. The van der Waals surface area contributed by atoms with Crippen LogP contribution in [0, 0.1) is 0 Å². The maximum absolute atomic E-state index is 12.3. The first-order chi connectivity index (χ1) is 9.96. The number of nitrogens with zero attached hydrogens (tertiary/aromatic N) is 3. The second-order valence-electron chi connectivity index (χ2n) is 5.58. The van der Waals surface area contributed by atoms with Gasteiger partial charge in [-0.1, -0.05) is 5.16 Å². The summed E-state index contributed by atoms with van der Waals surface area (Å²) in [5.74, 6) is 0.141. The first-order valence-corrected chi connectivity index (χ1v) is 8.83. The number of carbonyl (C=O) groups is 1. The van der Waals surface area contributed by atoms with Crippen molar-refractivity contribution in [3.63, 3.8) is 0 Å². The van der Waals surface area contributed by atoms with E-state index in [2.05, 4.69) is 15.5 Å². The van der Waals surface area contributed by atoms with Crippen LogP contribution in [0.3, 0.4) is 0 Å². The lowest BCUT2D eigenvalue weighted by atomic mass is 10.2. The molecule has 2 atom stereocenters. The average Bonchev–Trinajstić information content (AvgIpc) is 3.16. The van der Waals surface area contributed by atoms with Gasteiger partial charge in [0.15, 0.2) is 9.84 Å². The number of aromatic nitrogens is 2. The van der Waals surface area contributed by atoms with Crippen molar-refractivity contribution in [2.24, 2.45) is 0 Å². The molecule has 2 aliphatic rings. The van der Waals surface area contributed by atoms with Crippen LogP contribution in [0.25, 0.3) is 0 Å². The normalized spacial score (nSPS) is 27.9. The highest BCUT2D eigenvalue weighted by molar-refractivity contribution is 7.91. The molecular formula is C12H18N4O4S. The summed E-state index contributed by atoms with van der Waals surface area (Å²) >= 11 is 0. The Morgan fingerprint density at radius 2 is 2.24 bits per heavy atom. The lowest BCUT2D eigenvalue weighted by Gasteiger charge is -2.21. The molecule has 2 saturated heterocycles. The van der Waals surface area contributed by atoms with E-state index < -0.39 is 15.7 Å². The molecule has 9 heteroatoms. The highest BCUT2D eigenvalue weighted by atomic mass is 32.2. The van der Waals surface area contributed by atoms with Gasteiger partial charge in [-0.15, -0.1) is 0 Å². The summed E-state index contributed by atoms with van der Waals surface area (Å²) in [7, 11) is -1.45. The molecule has 2 unspecified atom stereocenters. The SMILES string of the molecule is CN(C(=O)c1noc(C2CCCN2)n1)C1CCS(=O)(=O)C1. The summed E-state index contributed by atoms with van der Waals surface area (Å²) in [6.07, 6.45) is 2.40. The molecule has 1 N–H and O–H groups in total. The highest BCUT2D eigenvalue weighted by Crippen LogP contribution is 2.22. The van der Waals surface area contributed by atoms with Crippen LogP contribution in [0.15, 0.2) is 4.52 Å². The van der Waals surface area contributed by atoms with Crippen LogP contribution < -0.4 is 5.32 Å². The fourth-order valence-electron chi connectivity index (χ4n) is 2.76. The molecule has 3 heterocycles. The number of hydrogen-bond acceptors (Lipinski definition) is 7. The van der Waals surface area contributed by atoms with E-state index >= 15 is 0 Å². The minimum atomic E-state index is -3.03. The second-order valence-corrected chi connectivity index (χ2v) is 7.81. The van der Waals surface area contributed by atoms with Crippen LogP contribution in [-0.2, 0) is 9.84 Å². The van der Waals surface area contributed by atoms with E-state index in [1.807, 2.05) is 0 Å². The summed E-state index contributed by atoms with van der Waals surface area (Å²) < 4.78 is 28.1. The molecule has 3 rings (SSSR count). The summed E-state index contributed by atoms with van der Waals surface area (Å²) in [6.45, 7) is 0.899. The van der Waals surface area contributed by atoms with E-state index in [-0.39, 0.29) is 29.4 Å². The summed E-state index contributed by atoms with van der Waals surface area (Å²) in [5.41, 5.74) is 0. The molecule has 2 fully saturated rings. The average molecular weight is 314 g/mol. The predicted molar refractivity (Wildman–Crippen MR) is 73.4 cm³/mol. The van der Waals surface area contributed by atoms with Crippen LogP contribution in [-0.4, -0.2) is 60.5 Å². The minimum absolute atomic E-state index is 0.00410. The summed E-state index contributed by atoms with van der Waals surface area (Å²) in [5, 5.41) is 6.94. The van der Waals surface area contributed by atoms with Gasteiger partial charge in [0.05, 0.1) is 17.5 Å². The minimum Gasteiger partial charge on any atom is -0.337 e. The van der Waals surface area contributed by atoms with Gasteiger partial charge in [-0.2, -0.15) is 4.98 Å². The van der Waals surface area contributed by atoms with Crippen LogP contribution >= 0.6 is 0 Å². The van der Waals surface area contributed by atoms with Gasteiger partial charge in [-0.25, -0.2) is 8.42 Å². The molecule has 1 aromatic heterocycles. The first-order valence-electron chi connectivity index (χ1n) is 7.01. The van der Waals surface area contributed by atoms with Gasteiger partial charge in [0.1, 0.15) is 0 Å². The Morgan fingerprint density at radius 1 is 1.43 bits per heavy atom. The van der Waals surface area contributed by atoms with Crippen LogP contribution in [0.5, 0.6) is 0 Å². The van der Waals surface area contributed by atoms with E-state index in [0.717, 1.165) is 19.4 Å². The number of carbonyl (C=O) groups excluding carboxylic acids is 1. The van der Waals surface area contributed by atoms with E-state index in [4.69, 9.17) is 4.52 Å². The van der Waals surface area contributed by atoms with Gasteiger partial charge in [0.25, 0.3) is 11.7 Å². The van der Waals surface area contributed by atoms with Gasteiger partial charge in [0.2, 0.25) is 5.89 Å². The molecule has 0 aromatic carbocycles. The van der Waals surface area contributed by atoms with Crippen molar-refractivity contribution in [1.82, 2.24) is 20.4 Å². The number of nitrogens with one attached hydrogen (secondary N) is 1. The van der Waals surface area contributed by atoms with E-state index in [1.165, 1.54) is 4.90 Å². The van der Waals surface area contributed by atoms with Crippen LogP contribution in [0.1, 0.15) is 41.8 Å². The molecule has 21 heavy (non-hydrogen) atoms. The molecule has 8 nitrogen and oxygen atoms in total. The summed E-state index contributed by atoms with van der Waals surface area (Å²) in [6, 6.07) is -0.301. The molecule has 2 aliphatic heterocycles. The molecule has 0 radical (unpaired) electrons. The van der Waals surface area contributed by atoms with E-state index in [1.54, 1.807) is 7.05 Å². The lowest BCUT2D eigenvalue weighted by Crippen LogP contribution is -2.38. The maximum atomic E-state index is 12.3. The predicted octanol–water partition coefficient (Wildman–Crippen LogP) is -0.247. The smallest absolute Gasteiger partial charge is 0.295 e. The Hall–Kier alpha value is -1.48. The van der Waals surface area contributed by atoms with Crippen LogP contribution in [0.2, 0.25) is 0 Å². The Bertz CT molecular complexity index is 635. The Labute approximate surface area is 122 Å². The molecule has 116 valence electrons. The molecule has 0 saturated carbocycles.